The summed E-state index contributed by atoms with van der Waals surface area (Å²) in [5, 5.41) is 7.14. The summed E-state index contributed by atoms with van der Waals surface area (Å²) >= 11 is 0. The van der Waals surface area contributed by atoms with Gasteiger partial charge in [0.25, 0.3) is 5.56 Å². The van der Waals surface area contributed by atoms with Crippen LogP contribution in [0.3, 0.4) is 0 Å². The molecule has 0 bridgehead atoms. The van der Waals surface area contributed by atoms with E-state index >= 15 is 0 Å². The first kappa shape index (κ1) is 14.8. The normalized spacial score (nSPS) is 13.7. The molecule has 7 heteroatoms. The minimum Gasteiger partial charge on any atom is -0.339 e. The van der Waals surface area contributed by atoms with E-state index in [4.69, 9.17) is 4.52 Å². The molecule has 2 aromatic heterocycles. The van der Waals surface area contributed by atoms with E-state index in [2.05, 4.69) is 20.4 Å². The minimum absolute atomic E-state index is 0.0550. The van der Waals surface area contributed by atoms with Crippen LogP contribution in [0.1, 0.15) is 22.7 Å². The van der Waals surface area contributed by atoms with Crippen LogP contribution in [0.15, 0.2) is 39.9 Å². The van der Waals surface area contributed by atoms with Gasteiger partial charge in [0.2, 0.25) is 11.7 Å². The predicted molar refractivity (Wildman–Crippen MR) is 87.5 cm³/mol. The van der Waals surface area contributed by atoms with E-state index in [1.807, 2.05) is 24.3 Å². The van der Waals surface area contributed by atoms with Crippen LogP contribution in [0.25, 0.3) is 11.4 Å². The quantitative estimate of drug-likeness (QED) is 0.782. The van der Waals surface area contributed by atoms with Gasteiger partial charge in [-0.05, 0) is 18.5 Å². The van der Waals surface area contributed by atoms with Gasteiger partial charge < -0.3 is 9.84 Å². The first-order chi connectivity index (χ1) is 11.7. The lowest BCUT2D eigenvalue weighted by molar-refractivity contribution is 0.394. The zero-order chi connectivity index (χ0) is 16.5. The van der Waals surface area contributed by atoms with Crippen LogP contribution in [0.4, 0.5) is 0 Å². The summed E-state index contributed by atoms with van der Waals surface area (Å²) in [4.78, 5) is 21.2. The average Bonchev–Trinajstić information content (AvgIpc) is 3.05. The highest BCUT2D eigenvalue weighted by atomic mass is 16.5. The second-order valence-corrected chi connectivity index (χ2v) is 5.86. The van der Waals surface area contributed by atoms with E-state index in [0.717, 1.165) is 35.3 Å². The number of aryl methyl sites for hydroxylation is 1. The molecule has 0 spiro atoms. The van der Waals surface area contributed by atoms with Crippen LogP contribution in [0, 0.1) is 6.92 Å². The van der Waals surface area contributed by atoms with Gasteiger partial charge in [0.05, 0.1) is 18.6 Å². The monoisotopic (exact) mass is 323 g/mol. The maximum absolute atomic E-state index is 12.6. The number of rotatable bonds is 3. The number of nitrogens with one attached hydrogen (secondary N) is 1. The molecular weight excluding hydrogens is 306 g/mol. The molecule has 0 saturated carbocycles. The summed E-state index contributed by atoms with van der Waals surface area (Å²) in [6.07, 6.45) is 2.36. The molecule has 0 unspecified atom stereocenters. The van der Waals surface area contributed by atoms with Gasteiger partial charge in [0.15, 0.2) is 0 Å². The summed E-state index contributed by atoms with van der Waals surface area (Å²) in [7, 11) is 0. The third kappa shape index (κ3) is 2.74. The van der Waals surface area contributed by atoms with Gasteiger partial charge in [-0.3, -0.25) is 9.36 Å². The molecule has 1 aliphatic rings. The summed E-state index contributed by atoms with van der Waals surface area (Å²) in [5.74, 6) is 1.11. The summed E-state index contributed by atoms with van der Waals surface area (Å²) in [6.45, 7) is 3.75. The Morgan fingerprint density at radius 1 is 1.29 bits per heavy atom. The lowest BCUT2D eigenvalue weighted by Crippen LogP contribution is -2.34. The molecule has 4 rings (SSSR count). The Balaban J connectivity index is 1.59. The molecule has 0 fully saturated rings. The van der Waals surface area contributed by atoms with Crippen molar-refractivity contribution >= 4 is 0 Å². The Bertz CT molecular complexity index is 927. The molecule has 1 aliphatic heterocycles. The number of benzene rings is 1. The van der Waals surface area contributed by atoms with Crippen molar-refractivity contribution in [3.05, 3.63) is 63.7 Å². The molecular formula is C17H17N5O2. The molecule has 7 nitrogen and oxygen atoms in total. The van der Waals surface area contributed by atoms with Crippen molar-refractivity contribution in [2.45, 2.75) is 26.4 Å². The van der Waals surface area contributed by atoms with Gasteiger partial charge in [-0.25, -0.2) is 4.98 Å². The van der Waals surface area contributed by atoms with Crippen LogP contribution in [0.2, 0.25) is 0 Å². The fourth-order valence-corrected chi connectivity index (χ4v) is 2.88. The van der Waals surface area contributed by atoms with Gasteiger partial charge in [0, 0.05) is 24.6 Å². The summed E-state index contributed by atoms with van der Waals surface area (Å²) < 4.78 is 6.66. The van der Waals surface area contributed by atoms with Gasteiger partial charge in [-0.1, -0.05) is 29.4 Å². The molecule has 1 aromatic carbocycles. The van der Waals surface area contributed by atoms with Gasteiger partial charge in [-0.15, -0.1) is 0 Å². The zero-order valence-corrected chi connectivity index (χ0v) is 13.3. The van der Waals surface area contributed by atoms with Crippen molar-refractivity contribution in [3.8, 4) is 11.4 Å². The summed E-state index contributed by atoms with van der Waals surface area (Å²) in [5.41, 5.74) is 3.66. The third-order valence-electron chi connectivity index (χ3n) is 4.16. The molecule has 24 heavy (non-hydrogen) atoms. The first-order valence-corrected chi connectivity index (χ1v) is 7.88. The van der Waals surface area contributed by atoms with E-state index in [1.165, 1.54) is 0 Å². The third-order valence-corrected chi connectivity index (χ3v) is 4.16. The lowest BCUT2D eigenvalue weighted by Gasteiger charge is -2.16. The van der Waals surface area contributed by atoms with Crippen molar-refractivity contribution in [2.24, 2.45) is 0 Å². The van der Waals surface area contributed by atoms with E-state index in [1.54, 1.807) is 17.8 Å². The maximum Gasteiger partial charge on any atom is 0.257 e. The van der Waals surface area contributed by atoms with Crippen LogP contribution >= 0.6 is 0 Å². The van der Waals surface area contributed by atoms with E-state index < -0.39 is 0 Å². The van der Waals surface area contributed by atoms with E-state index in [9.17, 15) is 4.79 Å². The maximum atomic E-state index is 12.6. The highest BCUT2D eigenvalue weighted by Gasteiger charge is 2.15. The topological polar surface area (TPSA) is 85.8 Å². The zero-order valence-electron chi connectivity index (χ0n) is 13.3. The fourth-order valence-electron chi connectivity index (χ4n) is 2.88. The number of fused-ring (bicyclic) bond motifs is 1. The second kappa shape index (κ2) is 6.01. The van der Waals surface area contributed by atoms with Crippen molar-refractivity contribution in [1.82, 2.24) is 25.0 Å². The number of hydrogen-bond donors (Lipinski definition) is 1. The lowest BCUT2D eigenvalue weighted by atomic mass is 10.1. The second-order valence-electron chi connectivity index (χ2n) is 5.86. The Morgan fingerprint density at radius 3 is 2.88 bits per heavy atom. The molecule has 122 valence electrons. The Kier molecular flexibility index (Phi) is 3.70. The van der Waals surface area contributed by atoms with Crippen molar-refractivity contribution in [2.75, 3.05) is 6.54 Å². The minimum atomic E-state index is 0.0550. The largest absolute Gasteiger partial charge is 0.339 e. The van der Waals surface area contributed by atoms with Crippen molar-refractivity contribution in [1.29, 1.82) is 0 Å². The van der Waals surface area contributed by atoms with Crippen LogP contribution in [-0.4, -0.2) is 26.2 Å². The molecule has 0 atom stereocenters. The van der Waals surface area contributed by atoms with Gasteiger partial charge >= 0.3 is 0 Å². The van der Waals surface area contributed by atoms with Crippen molar-refractivity contribution < 1.29 is 4.52 Å². The molecule has 0 amide bonds. The van der Waals surface area contributed by atoms with Crippen molar-refractivity contribution in [3.63, 3.8) is 0 Å². The highest BCUT2D eigenvalue weighted by molar-refractivity contribution is 5.54. The molecule has 1 N–H and O–H groups in total. The molecule has 0 saturated heterocycles. The number of hydrogen-bond acceptors (Lipinski definition) is 6. The first-order valence-electron chi connectivity index (χ1n) is 7.88. The molecule has 3 aromatic rings. The number of aromatic nitrogens is 4. The Morgan fingerprint density at radius 2 is 2.12 bits per heavy atom. The molecule has 0 aliphatic carbocycles. The SMILES string of the molecule is Cc1nc(-c2ccc(Cn3cnc4c(c3=O)CCNC4)cc2)no1. The highest BCUT2D eigenvalue weighted by Crippen LogP contribution is 2.16. The van der Waals surface area contributed by atoms with E-state index in [-0.39, 0.29) is 5.56 Å². The number of nitrogens with zero attached hydrogens (tertiary/aromatic N) is 4. The molecule has 0 radical (unpaired) electrons. The van der Waals surface area contributed by atoms with Crippen LogP contribution in [0.5, 0.6) is 0 Å². The van der Waals surface area contributed by atoms with Gasteiger partial charge in [0.1, 0.15) is 0 Å². The molecule has 3 heterocycles. The average molecular weight is 323 g/mol. The smallest absolute Gasteiger partial charge is 0.257 e. The Labute approximate surface area is 138 Å². The van der Waals surface area contributed by atoms with Crippen LogP contribution < -0.4 is 10.9 Å². The summed E-state index contributed by atoms with van der Waals surface area (Å²) in [6, 6.07) is 7.80. The van der Waals surface area contributed by atoms with Gasteiger partial charge in [-0.2, -0.15) is 4.98 Å². The van der Waals surface area contributed by atoms with E-state index in [0.29, 0.717) is 24.8 Å². The standard InChI is InChI=1S/C17H17N5O2/c1-11-20-16(21-24-11)13-4-2-12(3-5-13)9-22-10-19-15-8-18-7-6-14(15)17(22)23/h2-5,10,18H,6-9H2,1H3. The predicted octanol–water partition coefficient (Wildman–Crippen LogP) is 1.30. The van der Waals surface area contributed by atoms with Crippen LogP contribution in [-0.2, 0) is 19.5 Å². The Hall–Kier alpha value is -2.80. The fraction of sp³-hybridized carbons (Fsp3) is 0.294.